The Bertz CT molecular complexity index is 437. The highest BCUT2D eigenvalue weighted by Gasteiger charge is 2.13. The number of rotatable bonds is 8. The number of hydrogen-bond acceptors (Lipinski definition) is 6. The van der Waals surface area contributed by atoms with Gasteiger partial charge in [-0.3, -0.25) is 4.79 Å². The van der Waals surface area contributed by atoms with E-state index in [0.29, 0.717) is 24.7 Å². The number of nitrogens with one attached hydrogen (secondary N) is 2. The van der Waals surface area contributed by atoms with Gasteiger partial charge in [0.15, 0.2) is 0 Å². The highest BCUT2D eigenvalue weighted by molar-refractivity contribution is 5.81. The minimum absolute atomic E-state index is 0.0211. The average Bonchev–Trinajstić information content (AvgIpc) is 2.45. The molecule has 0 fully saturated rings. The van der Waals surface area contributed by atoms with E-state index in [4.69, 9.17) is 5.84 Å². The molecule has 0 aliphatic rings. The lowest BCUT2D eigenvalue weighted by molar-refractivity contribution is -0.119. The molecule has 0 unspecified atom stereocenters. The first-order chi connectivity index (χ1) is 9.64. The van der Waals surface area contributed by atoms with E-state index in [1.165, 1.54) is 0 Å². The van der Waals surface area contributed by atoms with Crippen LogP contribution in [0.25, 0.3) is 0 Å². The first kappa shape index (κ1) is 16.2. The van der Waals surface area contributed by atoms with Gasteiger partial charge in [-0.15, -0.1) is 0 Å². The Labute approximate surface area is 119 Å². The summed E-state index contributed by atoms with van der Waals surface area (Å²) in [4.78, 5) is 22.4. The fourth-order valence-electron chi connectivity index (χ4n) is 1.84. The van der Waals surface area contributed by atoms with Crippen LogP contribution in [0.3, 0.4) is 0 Å². The van der Waals surface area contributed by atoms with Gasteiger partial charge in [0.25, 0.3) is 0 Å². The molecule has 4 N–H and O–H groups in total. The van der Waals surface area contributed by atoms with Crippen LogP contribution < -0.4 is 21.5 Å². The van der Waals surface area contributed by atoms with Gasteiger partial charge >= 0.3 is 0 Å². The highest BCUT2D eigenvalue weighted by Crippen LogP contribution is 2.16. The Hall–Kier alpha value is -1.89. The number of aromatic nitrogens is 2. The number of nitrogens with two attached hydrogens (primary N) is 1. The zero-order valence-corrected chi connectivity index (χ0v) is 12.4. The van der Waals surface area contributed by atoms with Crippen LogP contribution in [-0.2, 0) is 11.2 Å². The monoisotopic (exact) mass is 280 g/mol. The fraction of sp³-hybridized carbons (Fsp3) is 0.615. The molecule has 0 aliphatic heterocycles. The SMILES string of the molecule is CCCc1nc(NN)cc(N(CC)CC(=O)NCC)n1. The normalized spacial score (nSPS) is 10.2. The van der Waals surface area contributed by atoms with E-state index < -0.39 is 0 Å². The van der Waals surface area contributed by atoms with Gasteiger partial charge in [0.2, 0.25) is 5.91 Å². The lowest BCUT2D eigenvalue weighted by atomic mass is 10.3. The van der Waals surface area contributed by atoms with Gasteiger partial charge < -0.3 is 15.6 Å². The number of carbonyl (C=O) groups excluding carboxylic acids is 1. The van der Waals surface area contributed by atoms with Crippen molar-refractivity contribution in [3.8, 4) is 0 Å². The number of carbonyl (C=O) groups is 1. The lowest BCUT2D eigenvalue weighted by Gasteiger charge is -2.22. The number of nitrogen functional groups attached to an aromatic ring is 1. The van der Waals surface area contributed by atoms with Crippen LogP contribution in [-0.4, -0.2) is 35.5 Å². The molecule has 1 rings (SSSR count). The van der Waals surface area contributed by atoms with Gasteiger partial charge in [-0.05, 0) is 20.3 Å². The van der Waals surface area contributed by atoms with E-state index >= 15 is 0 Å². The van der Waals surface area contributed by atoms with Gasteiger partial charge in [0.1, 0.15) is 17.5 Å². The summed E-state index contributed by atoms with van der Waals surface area (Å²) in [6.07, 6.45) is 1.73. The Kier molecular flexibility index (Phi) is 6.72. The molecule has 0 aliphatic carbocycles. The predicted octanol–water partition coefficient (Wildman–Crippen LogP) is 0.677. The molecule has 0 saturated heterocycles. The average molecular weight is 280 g/mol. The summed E-state index contributed by atoms with van der Waals surface area (Å²) in [5.74, 6) is 7.42. The maximum Gasteiger partial charge on any atom is 0.239 e. The van der Waals surface area contributed by atoms with E-state index in [-0.39, 0.29) is 12.5 Å². The minimum Gasteiger partial charge on any atom is -0.355 e. The molecule has 1 amide bonds. The second kappa shape index (κ2) is 8.31. The number of hydrogen-bond donors (Lipinski definition) is 3. The standard InChI is InChI=1S/C13H24N6O/c1-4-7-10-16-11(18-14)8-12(17-10)19(6-3)9-13(20)15-5-2/h8H,4-7,9,14H2,1-3H3,(H,15,20)(H,16,17,18). The summed E-state index contributed by atoms with van der Waals surface area (Å²) in [5, 5.41) is 2.78. The largest absolute Gasteiger partial charge is 0.355 e. The van der Waals surface area contributed by atoms with Crippen LogP contribution in [0.5, 0.6) is 0 Å². The van der Waals surface area contributed by atoms with E-state index in [0.717, 1.165) is 18.7 Å². The topological polar surface area (TPSA) is 96.2 Å². The molecule has 0 atom stereocenters. The zero-order valence-electron chi connectivity index (χ0n) is 12.4. The molecule has 0 bridgehead atoms. The molecule has 0 radical (unpaired) electrons. The summed E-state index contributed by atoms with van der Waals surface area (Å²) in [5.41, 5.74) is 2.55. The quantitative estimate of drug-likeness (QED) is 0.478. The molecule has 7 heteroatoms. The second-order valence-corrected chi connectivity index (χ2v) is 4.39. The number of likely N-dealkylation sites (N-methyl/N-ethyl adjacent to an activating group) is 2. The van der Waals surface area contributed by atoms with Crippen molar-refractivity contribution in [3.05, 3.63) is 11.9 Å². The molecular formula is C13H24N6O. The van der Waals surface area contributed by atoms with Crippen LogP contribution in [0.1, 0.15) is 33.0 Å². The smallest absolute Gasteiger partial charge is 0.239 e. The Morgan fingerprint density at radius 3 is 2.65 bits per heavy atom. The maximum absolute atomic E-state index is 11.7. The van der Waals surface area contributed by atoms with E-state index in [1.54, 1.807) is 6.07 Å². The summed E-state index contributed by atoms with van der Waals surface area (Å²) < 4.78 is 0. The number of amides is 1. The van der Waals surface area contributed by atoms with E-state index in [2.05, 4.69) is 27.6 Å². The van der Waals surface area contributed by atoms with Crippen molar-refractivity contribution in [2.75, 3.05) is 30.0 Å². The maximum atomic E-state index is 11.7. The molecule has 0 saturated carbocycles. The molecule has 20 heavy (non-hydrogen) atoms. The van der Waals surface area contributed by atoms with Crippen LogP contribution in [0, 0.1) is 0 Å². The third kappa shape index (κ3) is 4.65. The predicted molar refractivity (Wildman–Crippen MR) is 80.4 cm³/mol. The first-order valence-electron chi connectivity index (χ1n) is 7.00. The van der Waals surface area contributed by atoms with Crippen LogP contribution >= 0.6 is 0 Å². The fourth-order valence-corrected chi connectivity index (χ4v) is 1.84. The van der Waals surface area contributed by atoms with Crippen molar-refractivity contribution in [1.29, 1.82) is 0 Å². The van der Waals surface area contributed by atoms with Crippen molar-refractivity contribution >= 4 is 17.5 Å². The van der Waals surface area contributed by atoms with Crippen molar-refractivity contribution in [2.24, 2.45) is 5.84 Å². The zero-order chi connectivity index (χ0) is 15.0. The van der Waals surface area contributed by atoms with E-state index in [1.807, 2.05) is 18.7 Å². The molecule has 0 aromatic carbocycles. The van der Waals surface area contributed by atoms with Gasteiger partial charge in [0, 0.05) is 25.6 Å². The van der Waals surface area contributed by atoms with Crippen molar-refractivity contribution in [2.45, 2.75) is 33.6 Å². The van der Waals surface area contributed by atoms with Crippen LogP contribution in [0.15, 0.2) is 6.07 Å². The summed E-state index contributed by atoms with van der Waals surface area (Å²) >= 11 is 0. The molecule has 7 nitrogen and oxygen atoms in total. The highest BCUT2D eigenvalue weighted by atomic mass is 16.2. The third-order valence-electron chi connectivity index (χ3n) is 2.79. The number of hydrazine groups is 1. The third-order valence-corrected chi connectivity index (χ3v) is 2.79. The van der Waals surface area contributed by atoms with Crippen LogP contribution in [0.4, 0.5) is 11.6 Å². The summed E-state index contributed by atoms with van der Waals surface area (Å²) in [6.45, 7) is 7.53. The minimum atomic E-state index is -0.0211. The first-order valence-corrected chi connectivity index (χ1v) is 7.00. The molecule has 0 spiro atoms. The summed E-state index contributed by atoms with van der Waals surface area (Å²) in [6, 6.07) is 1.75. The Morgan fingerprint density at radius 2 is 2.10 bits per heavy atom. The number of aryl methyl sites for hydroxylation is 1. The van der Waals surface area contributed by atoms with Crippen molar-refractivity contribution in [1.82, 2.24) is 15.3 Å². The van der Waals surface area contributed by atoms with Gasteiger partial charge in [-0.1, -0.05) is 6.92 Å². The molecule has 1 aromatic heterocycles. The van der Waals surface area contributed by atoms with Gasteiger partial charge in [0.05, 0.1) is 6.54 Å². The summed E-state index contributed by atoms with van der Waals surface area (Å²) in [7, 11) is 0. The lowest BCUT2D eigenvalue weighted by Crippen LogP contribution is -2.37. The van der Waals surface area contributed by atoms with Crippen molar-refractivity contribution in [3.63, 3.8) is 0 Å². The van der Waals surface area contributed by atoms with Crippen molar-refractivity contribution < 1.29 is 4.79 Å². The number of nitrogens with zero attached hydrogens (tertiary/aromatic N) is 3. The van der Waals surface area contributed by atoms with Gasteiger partial charge in [-0.2, -0.15) is 0 Å². The Morgan fingerprint density at radius 1 is 1.35 bits per heavy atom. The van der Waals surface area contributed by atoms with E-state index in [9.17, 15) is 4.79 Å². The Balaban J connectivity index is 2.95. The number of anilines is 2. The second-order valence-electron chi connectivity index (χ2n) is 4.39. The molecule has 1 aromatic rings. The molecule has 1 heterocycles. The molecule has 112 valence electrons. The molecular weight excluding hydrogens is 256 g/mol. The van der Waals surface area contributed by atoms with Gasteiger partial charge in [-0.25, -0.2) is 15.8 Å². The van der Waals surface area contributed by atoms with Crippen LogP contribution in [0.2, 0.25) is 0 Å².